The molecule has 15 nitrogen and oxygen atoms in total. The number of carbonyl (C=O) groups is 2. The summed E-state index contributed by atoms with van der Waals surface area (Å²) in [5.41, 5.74) is 2.95. The van der Waals surface area contributed by atoms with Crippen molar-refractivity contribution in [2.24, 2.45) is 23.8 Å². The van der Waals surface area contributed by atoms with Crippen molar-refractivity contribution in [3.05, 3.63) is 105 Å². The number of aromatic nitrogens is 3. The number of benzene rings is 3. The zero-order valence-electron chi connectivity index (χ0n) is 37.9. The fourth-order valence-electron chi connectivity index (χ4n) is 11.5. The van der Waals surface area contributed by atoms with E-state index in [4.69, 9.17) is 4.74 Å². The summed E-state index contributed by atoms with van der Waals surface area (Å²) in [5.74, 6) is 0.296. The minimum Gasteiger partial charge on any atom is -0.488 e. The molecule has 65 heavy (non-hydrogen) atoms. The van der Waals surface area contributed by atoms with Gasteiger partial charge in [0.1, 0.15) is 24.0 Å². The molecule has 15 heteroatoms. The number of ether oxygens (including phenoxy) is 1. The van der Waals surface area contributed by atoms with Crippen LogP contribution in [0.2, 0.25) is 0 Å². The average Bonchev–Trinajstić information content (AvgIpc) is 3.30. The Bertz CT molecular complexity index is 2780. The molecule has 2 amide bonds. The van der Waals surface area contributed by atoms with Crippen molar-refractivity contribution in [2.75, 3.05) is 62.2 Å². The third kappa shape index (κ3) is 8.28. The van der Waals surface area contributed by atoms with Gasteiger partial charge >= 0.3 is 0 Å². The maximum atomic E-state index is 13.3. The SMILES string of the molecule is Cn1ccc(=O)c2c(OC3C(C)(C)C(NCC(O)c4ccc(N5CCC(CN6CCN(c7ccc8c(=O)n(C9CCC(=O)NC9=O)ncc8c7)CC6)CC5)cc4)C3(C)C)ccc(C#N)c21. The van der Waals surface area contributed by atoms with E-state index in [1.54, 1.807) is 29.1 Å². The minimum absolute atomic E-state index is 0.0350. The predicted molar refractivity (Wildman–Crippen MR) is 250 cm³/mol. The van der Waals surface area contributed by atoms with Crippen molar-refractivity contribution in [1.29, 1.82) is 5.26 Å². The number of nitriles is 1. The van der Waals surface area contributed by atoms with E-state index in [-0.39, 0.29) is 52.7 Å². The highest BCUT2D eigenvalue weighted by atomic mass is 16.5. The Labute approximate surface area is 378 Å². The van der Waals surface area contributed by atoms with Gasteiger partial charge in [0.05, 0.1) is 34.2 Å². The molecule has 3 N–H and O–H groups in total. The lowest BCUT2D eigenvalue weighted by atomic mass is 9.49. The molecule has 1 saturated carbocycles. The van der Waals surface area contributed by atoms with Crippen LogP contribution in [0.3, 0.4) is 0 Å². The summed E-state index contributed by atoms with van der Waals surface area (Å²) in [4.78, 5) is 57.7. The van der Waals surface area contributed by atoms with Crippen LogP contribution in [-0.4, -0.2) is 101 Å². The number of imide groups is 1. The van der Waals surface area contributed by atoms with E-state index in [2.05, 4.69) is 76.3 Å². The highest BCUT2D eigenvalue weighted by molar-refractivity contribution is 5.99. The van der Waals surface area contributed by atoms with Crippen LogP contribution in [0.15, 0.2) is 82.6 Å². The first-order valence-corrected chi connectivity index (χ1v) is 22.9. The smallest absolute Gasteiger partial charge is 0.275 e. The molecule has 340 valence electrons. The lowest BCUT2D eigenvalue weighted by molar-refractivity contribution is -0.169. The van der Waals surface area contributed by atoms with E-state index >= 15 is 0 Å². The molecule has 0 spiro atoms. The Balaban J connectivity index is 0.732. The van der Waals surface area contributed by atoms with E-state index in [9.17, 15) is 29.5 Å². The second-order valence-corrected chi connectivity index (χ2v) is 19.7. The van der Waals surface area contributed by atoms with Crippen LogP contribution < -0.4 is 36.2 Å². The molecular formula is C50H59N9O6. The number of piperazine rings is 1. The van der Waals surface area contributed by atoms with Crippen LogP contribution in [0.25, 0.3) is 21.7 Å². The van der Waals surface area contributed by atoms with Gasteiger partial charge in [-0.25, -0.2) is 4.68 Å². The van der Waals surface area contributed by atoms with E-state index in [1.165, 1.54) is 16.4 Å². The van der Waals surface area contributed by atoms with Crippen molar-refractivity contribution < 1.29 is 19.4 Å². The Kier molecular flexibility index (Phi) is 11.8. The molecule has 4 fully saturated rings. The van der Waals surface area contributed by atoms with E-state index < -0.39 is 18.1 Å². The summed E-state index contributed by atoms with van der Waals surface area (Å²) >= 11 is 0. The van der Waals surface area contributed by atoms with Crippen LogP contribution in [0.5, 0.6) is 5.75 Å². The first-order valence-electron chi connectivity index (χ1n) is 22.9. The van der Waals surface area contributed by atoms with Gasteiger partial charge in [-0.2, -0.15) is 10.4 Å². The molecule has 0 bridgehead atoms. The van der Waals surface area contributed by atoms with Crippen LogP contribution in [0, 0.1) is 28.1 Å². The Morgan fingerprint density at radius 2 is 1.58 bits per heavy atom. The Hall–Kier alpha value is -6.08. The van der Waals surface area contributed by atoms with Crippen LogP contribution in [-0.2, 0) is 16.6 Å². The van der Waals surface area contributed by atoms with Gasteiger partial charge in [-0.15, -0.1) is 0 Å². The molecule has 4 aliphatic rings. The molecule has 1 aliphatic carbocycles. The van der Waals surface area contributed by atoms with Gasteiger partial charge in [0.25, 0.3) is 11.5 Å². The largest absolute Gasteiger partial charge is 0.488 e. The molecule has 3 saturated heterocycles. The number of carbonyl (C=O) groups excluding carboxylic acids is 2. The molecule has 5 aromatic rings. The minimum atomic E-state index is -0.783. The summed E-state index contributed by atoms with van der Waals surface area (Å²) in [7, 11) is 1.82. The maximum absolute atomic E-state index is 13.3. The quantitative estimate of drug-likeness (QED) is 0.157. The van der Waals surface area contributed by atoms with Crippen molar-refractivity contribution >= 4 is 44.9 Å². The van der Waals surface area contributed by atoms with E-state index in [0.29, 0.717) is 40.1 Å². The molecule has 2 atom stereocenters. The maximum Gasteiger partial charge on any atom is 0.275 e. The second kappa shape index (κ2) is 17.4. The number of nitrogens with one attached hydrogen (secondary N) is 2. The number of rotatable bonds is 11. The number of hydrogen-bond donors (Lipinski definition) is 3. The number of amides is 2. The average molecular weight is 882 g/mol. The summed E-state index contributed by atoms with van der Waals surface area (Å²) in [5, 5.41) is 33.0. The first-order chi connectivity index (χ1) is 31.1. The Morgan fingerprint density at radius 3 is 2.28 bits per heavy atom. The predicted octanol–water partition coefficient (Wildman–Crippen LogP) is 4.64. The molecule has 9 rings (SSSR count). The van der Waals surface area contributed by atoms with Crippen LogP contribution in [0.1, 0.15) is 76.7 Å². The molecule has 2 unspecified atom stereocenters. The number of anilines is 2. The number of pyridine rings is 1. The van der Waals surface area contributed by atoms with Crippen LogP contribution >= 0.6 is 0 Å². The van der Waals surface area contributed by atoms with Crippen LogP contribution in [0.4, 0.5) is 11.4 Å². The monoisotopic (exact) mass is 881 g/mol. The number of aliphatic hydroxyl groups is 1. The zero-order valence-corrected chi connectivity index (χ0v) is 37.9. The highest BCUT2D eigenvalue weighted by Crippen LogP contribution is 2.56. The van der Waals surface area contributed by atoms with Crippen molar-refractivity contribution in [3.8, 4) is 11.8 Å². The third-order valence-corrected chi connectivity index (χ3v) is 14.7. The zero-order chi connectivity index (χ0) is 45.8. The molecule has 2 aromatic heterocycles. The first kappa shape index (κ1) is 44.1. The topological polar surface area (TPSA) is 178 Å². The van der Waals surface area contributed by atoms with Crippen molar-refractivity contribution in [2.45, 2.75) is 77.7 Å². The molecule has 5 heterocycles. The van der Waals surface area contributed by atoms with Gasteiger partial charge in [-0.3, -0.25) is 29.4 Å². The highest BCUT2D eigenvalue weighted by Gasteiger charge is 2.63. The van der Waals surface area contributed by atoms with Gasteiger partial charge in [0, 0.05) is 112 Å². The van der Waals surface area contributed by atoms with Crippen molar-refractivity contribution in [1.82, 2.24) is 29.9 Å². The Morgan fingerprint density at radius 1 is 0.892 bits per heavy atom. The van der Waals surface area contributed by atoms with Gasteiger partial charge in [0.15, 0.2) is 5.43 Å². The summed E-state index contributed by atoms with van der Waals surface area (Å²) < 4.78 is 9.65. The van der Waals surface area contributed by atoms with E-state index in [0.717, 1.165) is 75.3 Å². The number of aliphatic hydroxyl groups excluding tert-OH is 1. The number of nitrogens with zero attached hydrogens (tertiary/aromatic N) is 7. The fourth-order valence-corrected chi connectivity index (χ4v) is 11.5. The van der Waals surface area contributed by atoms with Gasteiger partial charge in [0.2, 0.25) is 5.91 Å². The molecule has 0 radical (unpaired) electrons. The van der Waals surface area contributed by atoms with Crippen molar-refractivity contribution in [3.63, 3.8) is 0 Å². The summed E-state index contributed by atoms with van der Waals surface area (Å²) in [6.45, 7) is 15.8. The third-order valence-electron chi connectivity index (χ3n) is 14.7. The molecular weight excluding hydrogens is 823 g/mol. The molecule has 3 aromatic carbocycles. The van der Waals surface area contributed by atoms with Gasteiger partial charge in [-0.05, 0) is 73.2 Å². The second-order valence-electron chi connectivity index (χ2n) is 19.7. The standard InChI is InChI=1S/C50H59N9O6/c1-49(2)47(50(3,4)48(49)65-41-14-8-33(27-51)44-43(41)39(60)18-19-55(44)5)52-29-40(61)32-6-9-35(10-7-32)57-20-16-31(17-21-57)30-56-22-24-58(25-23-56)36-11-12-37-34(26-36)28-53-59(46(37)64)38-13-15-42(62)54-45(38)63/h6-12,14,18-19,26,28,31,38,40,47-48,52,61H,13,15-17,20-25,29-30H2,1-5H3,(H,54,62,63). The number of piperidine rings is 2. The van der Waals surface area contributed by atoms with Gasteiger partial charge in [-0.1, -0.05) is 39.8 Å². The number of aryl methyl sites for hydroxylation is 1. The van der Waals surface area contributed by atoms with Gasteiger partial charge < -0.3 is 29.5 Å². The fraction of sp³-hybridized carbons (Fsp3) is 0.480. The summed E-state index contributed by atoms with van der Waals surface area (Å²) in [6, 6.07) is 20.6. The summed E-state index contributed by atoms with van der Waals surface area (Å²) in [6.07, 6.45) is 5.10. The number of hydrogen-bond acceptors (Lipinski definition) is 12. The van der Waals surface area contributed by atoms with E-state index in [1.807, 2.05) is 37.4 Å². The number of fused-ring (bicyclic) bond motifs is 2. The lowest BCUT2D eigenvalue weighted by Gasteiger charge is -2.63. The lowest BCUT2D eigenvalue weighted by Crippen LogP contribution is -2.74. The normalized spacial score (nSPS) is 22.9. The molecule has 3 aliphatic heterocycles.